The van der Waals surface area contributed by atoms with Crippen LogP contribution >= 0.6 is 0 Å². The number of carbonyl (C=O) groups excluding carboxylic acids is 1. The molecule has 1 saturated heterocycles. The quantitative estimate of drug-likeness (QED) is 0.199. The van der Waals surface area contributed by atoms with Crippen LogP contribution in [0.1, 0.15) is 36.6 Å². The molecule has 0 aliphatic carbocycles. The van der Waals surface area contributed by atoms with Crippen LogP contribution in [0, 0.1) is 13.8 Å². The Morgan fingerprint density at radius 2 is 1.76 bits per heavy atom. The smallest absolute Gasteiger partial charge is 0.410 e. The highest BCUT2D eigenvalue weighted by atomic mass is 16.6. The molecule has 6 aromatic rings. The Kier molecular flexibility index (Phi) is 7.92. The summed E-state index contributed by atoms with van der Waals surface area (Å²) < 4.78 is 12.9. The molecule has 0 bridgehead atoms. The highest BCUT2D eigenvalue weighted by Gasteiger charge is 2.30. The van der Waals surface area contributed by atoms with Gasteiger partial charge < -0.3 is 24.0 Å². The number of pyridine rings is 1. The average Bonchev–Trinajstić information content (AvgIpc) is 3.69. The van der Waals surface area contributed by atoms with Crippen molar-refractivity contribution in [1.82, 2.24) is 29.6 Å². The molecule has 1 N–H and O–H groups in total. The van der Waals surface area contributed by atoms with Crippen molar-refractivity contribution in [1.29, 1.82) is 0 Å². The van der Waals surface area contributed by atoms with E-state index in [0.717, 1.165) is 68.9 Å². The predicted octanol–water partition coefficient (Wildman–Crippen LogP) is 7.36. The van der Waals surface area contributed by atoms with E-state index in [1.54, 1.807) is 11.2 Å². The maximum Gasteiger partial charge on any atom is 0.410 e. The summed E-state index contributed by atoms with van der Waals surface area (Å²) in [5.74, 6) is 0.517. The molecule has 2 aromatic carbocycles. The van der Waals surface area contributed by atoms with E-state index in [1.807, 2.05) is 74.6 Å². The normalized spacial score (nSPS) is 16.5. The van der Waals surface area contributed by atoms with Gasteiger partial charge in [0.05, 0.1) is 22.6 Å². The second-order valence-electron chi connectivity index (χ2n) is 11.8. The largest absolute Gasteiger partial charge is 0.445 e. The molecule has 0 unspecified atom stereocenters. The molecule has 4 aromatic heterocycles. The molecule has 46 heavy (non-hydrogen) atoms. The Morgan fingerprint density at radius 3 is 2.52 bits per heavy atom. The fourth-order valence-electron chi connectivity index (χ4n) is 6.01. The number of aromatic nitrogens is 5. The maximum atomic E-state index is 13.1. The number of amides is 1. The van der Waals surface area contributed by atoms with Crippen molar-refractivity contribution >= 4 is 23.1 Å². The summed E-state index contributed by atoms with van der Waals surface area (Å²) in [5.41, 5.74) is 7.89. The summed E-state index contributed by atoms with van der Waals surface area (Å²) in [6.45, 7) is 6.73. The van der Waals surface area contributed by atoms with Crippen molar-refractivity contribution in [2.24, 2.45) is 0 Å². The Hall–Kier alpha value is -5.51. The summed E-state index contributed by atoms with van der Waals surface area (Å²) in [6.07, 6.45) is 6.98. The zero-order valence-electron chi connectivity index (χ0n) is 26.1. The van der Waals surface area contributed by atoms with Crippen LogP contribution < -0.4 is 5.32 Å². The molecule has 2 atom stereocenters. The summed E-state index contributed by atoms with van der Waals surface area (Å²) in [7, 11) is 0. The minimum atomic E-state index is -0.310. The summed E-state index contributed by atoms with van der Waals surface area (Å²) in [4.78, 5) is 29.6. The van der Waals surface area contributed by atoms with E-state index < -0.39 is 0 Å². The number of hydrogen-bond donors (Lipinski definition) is 1. The van der Waals surface area contributed by atoms with Gasteiger partial charge in [0.15, 0.2) is 0 Å². The van der Waals surface area contributed by atoms with Crippen molar-refractivity contribution in [3.05, 3.63) is 108 Å². The minimum Gasteiger partial charge on any atom is -0.445 e. The van der Waals surface area contributed by atoms with Crippen LogP contribution in [0.5, 0.6) is 0 Å². The summed E-state index contributed by atoms with van der Waals surface area (Å²) >= 11 is 0. The first-order valence-electron chi connectivity index (χ1n) is 15.5. The lowest BCUT2D eigenvalue weighted by Crippen LogP contribution is -2.50. The van der Waals surface area contributed by atoms with E-state index in [-0.39, 0.29) is 24.8 Å². The third kappa shape index (κ3) is 5.81. The first kappa shape index (κ1) is 29.2. The number of rotatable bonds is 7. The van der Waals surface area contributed by atoms with Gasteiger partial charge in [-0.3, -0.25) is 0 Å². The van der Waals surface area contributed by atoms with Crippen molar-refractivity contribution in [2.75, 3.05) is 11.9 Å². The Balaban J connectivity index is 1.17. The minimum absolute atomic E-state index is 0.0160. The van der Waals surface area contributed by atoms with Gasteiger partial charge in [-0.2, -0.15) is 0 Å². The Morgan fingerprint density at radius 1 is 0.978 bits per heavy atom. The first-order valence-corrected chi connectivity index (χ1v) is 15.5. The average molecular weight is 614 g/mol. The number of piperidine rings is 1. The number of aryl methyl sites for hydroxylation is 2. The highest BCUT2D eigenvalue weighted by molar-refractivity contribution is 5.96. The maximum absolute atomic E-state index is 13.1. The van der Waals surface area contributed by atoms with Crippen LogP contribution in [-0.4, -0.2) is 54.3 Å². The first-order chi connectivity index (χ1) is 22.4. The number of para-hydroxylation sites is 1. The molecule has 0 saturated carbocycles. The van der Waals surface area contributed by atoms with Gasteiger partial charge in [0.25, 0.3) is 0 Å². The molecule has 10 heteroatoms. The number of nitrogens with one attached hydrogen (secondary N) is 1. The van der Waals surface area contributed by atoms with Gasteiger partial charge >= 0.3 is 6.09 Å². The van der Waals surface area contributed by atoms with E-state index >= 15 is 0 Å². The number of hydrogen-bond acceptors (Lipinski definition) is 8. The van der Waals surface area contributed by atoms with E-state index in [4.69, 9.17) is 19.2 Å². The lowest BCUT2D eigenvalue weighted by atomic mass is 10.00. The van der Waals surface area contributed by atoms with E-state index in [1.165, 1.54) is 0 Å². The number of ether oxygens (including phenoxy) is 1. The Bertz CT molecular complexity index is 1990. The molecule has 0 radical (unpaired) electrons. The van der Waals surface area contributed by atoms with Gasteiger partial charge in [0.2, 0.25) is 5.95 Å². The highest BCUT2D eigenvalue weighted by Crippen LogP contribution is 2.35. The molecule has 0 spiro atoms. The summed E-state index contributed by atoms with van der Waals surface area (Å²) in [6, 6.07) is 24.0. The van der Waals surface area contributed by atoms with Crippen LogP contribution in [0.2, 0.25) is 0 Å². The van der Waals surface area contributed by atoms with Crippen LogP contribution in [0.3, 0.4) is 0 Å². The van der Waals surface area contributed by atoms with Crippen molar-refractivity contribution in [3.63, 3.8) is 0 Å². The number of benzene rings is 2. The van der Waals surface area contributed by atoms with Crippen LogP contribution in [0.4, 0.5) is 10.7 Å². The van der Waals surface area contributed by atoms with Crippen LogP contribution in [0.15, 0.2) is 96.0 Å². The molecule has 10 nitrogen and oxygen atoms in total. The number of fused-ring (bicyclic) bond motifs is 1. The fraction of sp³-hybridized carbons (Fsp3) is 0.250. The SMILES string of the molecule is Cc1cnc(N[C@@H]2CC[C@@H](C)N(C(=O)OCc3ccccc3)C2)nc1-c1cn(-c2ccccc2)c2nc(-c3conc3C)ccc12. The third-order valence-electron chi connectivity index (χ3n) is 8.59. The monoisotopic (exact) mass is 613 g/mol. The van der Waals surface area contributed by atoms with E-state index in [9.17, 15) is 4.79 Å². The van der Waals surface area contributed by atoms with Crippen molar-refractivity contribution in [3.8, 4) is 28.2 Å². The molecule has 1 aliphatic heterocycles. The topological polar surface area (TPSA) is 111 Å². The molecular formula is C36H35N7O3. The van der Waals surface area contributed by atoms with Gasteiger partial charge in [-0.1, -0.05) is 53.7 Å². The second-order valence-corrected chi connectivity index (χ2v) is 11.8. The van der Waals surface area contributed by atoms with Crippen LogP contribution in [0.25, 0.3) is 39.2 Å². The third-order valence-corrected chi connectivity index (χ3v) is 8.59. The molecule has 5 heterocycles. The predicted molar refractivity (Wildman–Crippen MR) is 177 cm³/mol. The number of anilines is 1. The van der Waals surface area contributed by atoms with Crippen LogP contribution in [-0.2, 0) is 11.3 Å². The molecular weight excluding hydrogens is 578 g/mol. The van der Waals surface area contributed by atoms with E-state index in [2.05, 4.69) is 51.3 Å². The van der Waals surface area contributed by atoms with Gasteiger partial charge in [-0.05, 0) is 69.0 Å². The molecule has 7 rings (SSSR count). The molecule has 232 valence electrons. The summed E-state index contributed by atoms with van der Waals surface area (Å²) in [5, 5.41) is 8.51. The lowest BCUT2D eigenvalue weighted by Gasteiger charge is -2.37. The lowest BCUT2D eigenvalue weighted by molar-refractivity contribution is 0.0695. The van der Waals surface area contributed by atoms with Crippen molar-refractivity contribution in [2.45, 2.75) is 52.3 Å². The number of nitrogens with zero attached hydrogens (tertiary/aromatic N) is 6. The Labute approximate surface area is 267 Å². The van der Waals surface area contributed by atoms with E-state index in [0.29, 0.717) is 12.5 Å². The zero-order valence-corrected chi connectivity index (χ0v) is 26.1. The fourth-order valence-corrected chi connectivity index (χ4v) is 6.01. The van der Waals surface area contributed by atoms with Gasteiger partial charge in [0.1, 0.15) is 18.5 Å². The molecule has 1 fully saturated rings. The standard InChI is InChI=1S/C36H35N7O3/c1-23-18-37-35(38-27-15-14-24(2)42(19-27)36(44)45-21-26-10-6-4-7-11-26)40-33(23)30-20-43(28-12-8-5-9-13-28)34-29(30)16-17-32(39-34)31-22-46-41-25(31)3/h4-13,16-18,20,22,24,27H,14-15,19,21H2,1-3H3,(H,37,38,40)/t24-,27-/m1/s1. The number of likely N-dealkylation sites (tertiary alicyclic amines) is 1. The zero-order chi connectivity index (χ0) is 31.6. The number of carbonyl (C=O) groups is 1. The van der Waals surface area contributed by atoms with Gasteiger partial charge in [-0.15, -0.1) is 0 Å². The molecule has 1 aliphatic rings. The van der Waals surface area contributed by atoms with Gasteiger partial charge in [0, 0.05) is 47.7 Å². The molecule has 1 amide bonds. The second kappa shape index (κ2) is 12.5. The van der Waals surface area contributed by atoms with Gasteiger partial charge in [-0.25, -0.2) is 19.7 Å². The van der Waals surface area contributed by atoms with Crippen molar-refractivity contribution < 1.29 is 14.1 Å².